The van der Waals surface area contributed by atoms with Crippen LogP contribution in [-0.2, 0) is 4.79 Å². The summed E-state index contributed by atoms with van der Waals surface area (Å²) in [4.78, 5) is 16.5. The molecule has 3 aromatic rings. The Balaban J connectivity index is 1.13. The Labute approximate surface area is 180 Å². The van der Waals surface area contributed by atoms with Crippen LogP contribution in [0.25, 0.3) is 11.3 Å². The van der Waals surface area contributed by atoms with Gasteiger partial charge in [-0.1, -0.05) is 30.3 Å². The number of hydrogen-bond acceptors (Lipinski definition) is 7. The highest BCUT2D eigenvalue weighted by Gasteiger charge is 2.23. The van der Waals surface area contributed by atoms with E-state index in [1.54, 1.807) is 18.2 Å². The highest BCUT2D eigenvalue weighted by atomic mass is 16.7. The Morgan fingerprint density at radius 1 is 0.903 bits per heavy atom. The fourth-order valence-electron chi connectivity index (χ4n) is 3.64. The molecule has 0 spiro atoms. The molecule has 5 rings (SSSR count). The summed E-state index contributed by atoms with van der Waals surface area (Å²) in [6, 6.07) is 19.2. The zero-order valence-electron chi connectivity index (χ0n) is 16.9. The lowest BCUT2D eigenvalue weighted by molar-refractivity contribution is -0.133. The number of rotatable bonds is 5. The molecule has 8 nitrogen and oxygen atoms in total. The van der Waals surface area contributed by atoms with Crippen LogP contribution >= 0.6 is 0 Å². The van der Waals surface area contributed by atoms with Crippen molar-refractivity contribution in [3.8, 4) is 28.5 Å². The second-order valence-electron chi connectivity index (χ2n) is 7.31. The number of ether oxygens (including phenoxy) is 3. The lowest BCUT2D eigenvalue weighted by atomic mass is 10.1. The minimum atomic E-state index is -0.0390. The molecule has 31 heavy (non-hydrogen) atoms. The lowest BCUT2D eigenvalue weighted by Crippen LogP contribution is -2.50. The molecule has 8 heteroatoms. The lowest BCUT2D eigenvalue weighted by Gasteiger charge is -2.35. The second-order valence-corrected chi connectivity index (χ2v) is 7.31. The van der Waals surface area contributed by atoms with E-state index in [0.717, 1.165) is 17.1 Å². The predicted molar refractivity (Wildman–Crippen MR) is 114 cm³/mol. The zero-order valence-corrected chi connectivity index (χ0v) is 16.9. The van der Waals surface area contributed by atoms with E-state index >= 15 is 0 Å². The Kier molecular flexibility index (Phi) is 5.26. The molecule has 0 atom stereocenters. The molecule has 0 bridgehead atoms. The van der Waals surface area contributed by atoms with Gasteiger partial charge in [-0.3, -0.25) is 4.79 Å². The zero-order chi connectivity index (χ0) is 21.0. The predicted octanol–water partition coefficient (Wildman–Crippen LogP) is 2.60. The Hall–Kier alpha value is -3.81. The maximum Gasteiger partial charge on any atom is 0.260 e. The first kappa shape index (κ1) is 19.2. The summed E-state index contributed by atoms with van der Waals surface area (Å²) < 4.78 is 16.3. The molecule has 2 aromatic carbocycles. The van der Waals surface area contributed by atoms with Crippen molar-refractivity contribution in [2.75, 3.05) is 44.5 Å². The summed E-state index contributed by atoms with van der Waals surface area (Å²) in [5.74, 6) is 2.70. The Morgan fingerprint density at radius 2 is 1.71 bits per heavy atom. The van der Waals surface area contributed by atoms with E-state index in [2.05, 4.69) is 15.1 Å². The van der Waals surface area contributed by atoms with Crippen molar-refractivity contribution in [2.24, 2.45) is 0 Å². The highest BCUT2D eigenvalue weighted by molar-refractivity contribution is 5.78. The van der Waals surface area contributed by atoms with Crippen molar-refractivity contribution < 1.29 is 19.0 Å². The molecule has 1 amide bonds. The number of fused-ring (bicyclic) bond motifs is 1. The van der Waals surface area contributed by atoms with Gasteiger partial charge in [0.1, 0.15) is 5.75 Å². The first-order valence-electron chi connectivity index (χ1n) is 10.2. The van der Waals surface area contributed by atoms with Crippen LogP contribution < -0.4 is 19.1 Å². The Morgan fingerprint density at radius 3 is 2.48 bits per heavy atom. The van der Waals surface area contributed by atoms with E-state index in [1.165, 1.54) is 0 Å². The third-order valence-corrected chi connectivity index (χ3v) is 5.38. The molecule has 0 aliphatic carbocycles. The Bertz CT molecular complexity index is 1050. The van der Waals surface area contributed by atoms with Gasteiger partial charge in [-0.25, -0.2) is 0 Å². The average molecular weight is 418 g/mol. The number of aromatic nitrogens is 2. The van der Waals surface area contributed by atoms with Gasteiger partial charge < -0.3 is 24.0 Å². The summed E-state index contributed by atoms with van der Waals surface area (Å²) >= 11 is 0. The molecule has 0 saturated carbocycles. The van der Waals surface area contributed by atoms with Crippen LogP contribution in [-0.4, -0.2) is 60.6 Å². The quantitative estimate of drug-likeness (QED) is 0.630. The van der Waals surface area contributed by atoms with E-state index in [0.29, 0.717) is 43.4 Å². The largest absolute Gasteiger partial charge is 0.484 e. The molecule has 2 aliphatic heterocycles. The van der Waals surface area contributed by atoms with Gasteiger partial charge in [0, 0.05) is 37.8 Å². The van der Waals surface area contributed by atoms with Crippen LogP contribution in [0.3, 0.4) is 0 Å². The first-order chi connectivity index (χ1) is 15.3. The van der Waals surface area contributed by atoms with E-state index in [-0.39, 0.29) is 19.3 Å². The second kappa shape index (κ2) is 8.51. The number of benzene rings is 2. The third-order valence-electron chi connectivity index (χ3n) is 5.38. The summed E-state index contributed by atoms with van der Waals surface area (Å²) in [6.45, 7) is 2.84. The van der Waals surface area contributed by atoms with Crippen molar-refractivity contribution in [3.05, 3.63) is 60.7 Å². The molecule has 1 fully saturated rings. The van der Waals surface area contributed by atoms with Gasteiger partial charge in [-0.05, 0) is 24.3 Å². The minimum absolute atomic E-state index is 0.00871. The van der Waals surface area contributed by atoms with Crippen LogP contribution in [0.4, 0.5) is 5.82 Å². The van der Waals surface area contributed by atoms with Gasteiger partial charge >= 0.3 is 0 Å². The van der Waals surface area contributed by atoms with Gasteiger partial charge in [0.25, 0.3) is 5.91 Å². The topological polar surface area (TPSA) is 77.0 Å². The summed E-state index contributed by atoms with van der Waals surface area (Å²) in [7, 11) is 0. The smallest absolute Gasteiger partial charge is 0.260 e. The normalized spacial score (nSPS) is 15.1. The molecule has 1 aromatic heterocycles. The van der Waals surface area contributed by atoms with Crippen LogP contribution in [0.5, 0.6) is 17.2 Å². The fraction of sp³-hybridized carbons (Fsp3) is 0.261. The van der Waals surface area contributed by atoms with Crippen LogP contribution in [0.15, 0.2) is 60.7 Å². The van der Waals surface area contributed by atoms with Crippen LogP contribution in [0.1, 0.15) is 0 Å². The van der Waals surface area contributed by atoms with Crippen LogP contribution in [0.2, 0.25) is 0 Å². The van der Waals surface area contributed by atoms with Gasteiger partial charge in [0.2, 0.25) is 6.79 Å². The number of piperazine rings is 1. The number of carbonyl (C=O) groups is 1. The molecule has 0 radical (unpaired) electrons. The molecule has 158 valence electrons. The number of carbonyl (C=O) groups excluding carboxylic acids is 1. The molecule has 3 heterocycles. The van der Waals surface area contributed by atoms with Crippen molar-refractivity contribution in [3.63, 3.8) is 0 Å². The van der Waals surface area contributed by atoms with Gasteiger partial charge in [0.15, 0.2) is 23.9 Å². The monoisotopic (exact) mass is 418 g/mol. The SMILES string of the molecule is O=C(COc1ccc2c(c1)OCO2)N1CCN(c2ccc(-c3ccccc3)nn2)CC1. The van der Waals surface area contributed by atoms with Crippen molar-refractivity contribution in [2.45, 2.75) is 0 Å². The summed E-state index contributed by atoms with van der Waals surface area (Å²) in [5, 5.41) is 8.73. The summed E-state index contributed by atoms with van der Waals surface area (Å²) in [5.41, 5.74) is 1.89. The van der Waals surface area contributed by atoms with Crippen LogP contribution in [0, 0.1) is 0 Å². The number of amides is 1. The number of anilines is 1. The molecule has 2 aliphatic rings. The molecular formula is C23H22N4O4. The first-order valence-corrected chi connectivity index (χ1v) is 10.2. The summed E-state index contributed by atoms with van der Waals surface area (Å²) in [6.07, 6.45) is 0. The average Bonchev–Trinajstić information content (AvgIpc) is 3.31. The highest BCUT2D eigenvalue weighted by Crippen LogP contribution is 2.35. The molecule has 0 unspecified atom stereocenters. The molecule has 0 N–H and O–H groups in total. The maximum atomic E-state index is 12.5. The van der Waals surface area contributed by atoms with Crippen molar-refractivity contribution in [1.82, 2.24) is 15.1 Å². The maximum absolute atomic E-state index is 12.5. The van der Waals surface area contributed by atoms with E-state index < -0.39 is 0 Å². The van der Waals surface area contributed by atoms with Gasteiger partial charge in [-0.15, -0.1) is 10.2 Å². The molecule has 1 saturated heterocycles. The standard InChI is InChI=1S/C23H22N4O4/c28-23(15-29-18-6-8-20-21(14-18)31-16-30-20)27-12-10-26(11-13-27)22-9-7-19(24-25-22)17-4-2-1-3-5-17/h1-9,14H,10-13,15-16H2. The molecular weight excluding hydrogens is 396 g/mol. The van der Waals surface area contributed by atoms with E-state index in [1.807, 2.05) is 47.4 Å². The number of nitrogens with zero attached hydrogens (tertiary/aromatic N) is 4. The van der Waals surface area contributed by atoms with E-state index in [9.17, 15) is 4.79 Å². The fourth-order valence-corrected chi connectivity index (χ4v) is 3.64. The number of hydrogen-bond donors (Lipinski definition) is 0. The van der Waals surface area contributed by atoms with Crippen molar-refractivity contribution >= 4 is 11.7 Å². The van der Waals surface area contributed by atoms with E-state index in [4.69, 9.17) is 14.2 Å². The van der Waals surface area contributed by atoms with Crippen molar-refractivity contribution in [1.29, 1.82) is 0 Å². The van der Waals surface area contributed by atoms with Gasteiger partial charge in [0.05, 0.1) is 5.69 Å². The minimum Gasteiger partial charge on any atom is -0.484 e. The third kappa shape index (κ3) is 4.23. The van der Waals surface area contributed by atoms with Gasteiger partial charge in [-0.2, -0.15) is 0 Å².